The topological polar surface area (TPSA) is 71.1 Å². The van der Waals surface area contributed by atoms with Crippen molar-refractivity contribution in [1.29, 1.82) is 0 Å². The molecular weight excluding hydrogens is 274 g/mol. The fourth-order valence-electron chi connectivity index (χ4n) is 1.50. The minimum absolute atomic E-state index is 0.0783. The number of anilines is 1. The largest absolute Gasteiger partial charge is 0.355 e. The van der Waals surface area contributed by atoms with E-state index in [4.69, 9.17) is 0 Å². The normalized spacial score (nSPS) is 19.3. The molecule has 0 saturated carbocycles. The van der Waals surface area contributed by atoms with Crippen LogP contribution < -0.4 is 10.6 Å². The number of halogens is 1. The molecule has 0 aliphatic carbocycles. The second-order valence-corrected chi connectivity index (χ2v) is 4.29. The monoisotopic (exact) mass is 283 g/mol. The molecule has 2 heterocycles. The highest BCUT2D eigenvalue weighted by atomic mass is 79.9. The molecule has 1 fully saturated rings. The molecule has 2 N–H and O–H groups in total. The van der Waals surface area contributed by atoms with Gasteiger partial charge in [-0.3, -0.25) is 9.59 Å². The van der Waals surface area contributed by atoms with E-state index in [9.17, 15) is 9.59 Å². The quantitative estimate of drug-likeness (QED) is 0.793. The molecule has 1 unspecified atom stereocenters. The van der Waals surface area contributed by atoms with Crippen LogP contribution in [0.2, 0.25) is 0 Å². The maximum Gasteiger partial charge on any atom is 0.229 e. The Morgan fingerprint density at radius 3 is 3.06 bits per heavy atom. The lowest BCUT2D eigenvalue weighted by atomic mass is 10.1. The third kappa shape index (κ3) is 2.38. The van der Waals surface area contributed by atoms with Gasteiger partial charge in [-0.15, -0.1) is 0 Å². The number of amides is 2. The van der Waals surface area contributed by atoms with Crippen LogP contribution in [0.25, 0.3) is 0 Å². The summed E-state index contributed by atoms with van der Waals surface area (Å²) in [4.78, 5) is 26.7. The number of rotatable bonds is 2. The molecule has 1 aliphatic heterocycles. The molecule has 0 radical (unpaired) electrons. The van der Waals surface area contributed by atoms with Crippen LogP contribution in [0.1, 0.15) is 6.42 Å². The molecule has 1 aliphatic rings. The van der Waals surface area contributed by atoms with Crippen LogP contribution in [0.15, 0.2) is 22.9 Å². The van der Waals surface area contributed by atoms with Crippen molar-refractivity contribution in [3.8, 4) is 0 Å². The van der Waals surface area contributed by atoms with Gasteiger partial charge >= 0.3 is 0 Å². The fourth-order valence-corrected chi connectivity index (χ4v) is 1.85. The summed E-state index contributed by atoms with van der Waals surface area (Å²) in [6, 6.07) is 3.48. The van der Waals surface area contributed by atoms with Crippen LogP contribution in [-0.2, 0) is 9.59 Å². The van der Waals surface area contributed by atoms with Gasteiger partial charge in [0.05, 0.1) is 11.6 Å². The average molecular weight is 284 g/mol. The summed E-state index contributed by atoms with van der Waals surface area (Å²) < 4.78 is 0.584. The van der Waals surface area contributed by atoms with Crippen LogP contribution >= 0.6 is 15.9 Å². The molecule has 5 nitrogen and oxygen atoms in total. The first-order valence-electron chi connectivity index (χ1n) is 4.85. The van der Waals surface area contributed by atoms with E-state index in [1.807, 2.05) is 0 Å². The Kier molecular flexibility index (Phi) is 3.19. The van der Waals surface area contributed by atoms with Crippen molar-refractivity contribution in [2.24, 2.45) is 5.92 Å². The molecular formula is C10H10BrN3O2. The third-order valence-electron chi connectivity index (χ3n) is 2.37. The summed E-state index contributed by atoms with van der Waals surface area (Å²) in [5, 5.41) is 5.36. The number of carbonyl (C=O) groups is 2. The number of hydrogen-bond acceptors (Lipinski definition) is 3. The Hall–Kier alpha value is -1.43. The maximum absolute atomic E-state index is 11.8. The van der Waals surface area contributed by atoms with Crippen molar-refractivity contribution in [3.63, 3.8) is 0 Å². The Labute approximate surface area is 101 Å². The zero-order chi connectivity index (χ0) is 11.5. The van der Waals surface area contributed by atoms with Gasteiger partial charge in [-0.25, -0.2) is 4.98 Å². The van der Waals surface area contributed by atoms with Gasteiger partial charge in [-0.1, -0.05) is 0 Å². The summed E-state index contributed by atoms with van der Waals surface area (Å²) in [5.41, 5.74) is 0.617. The first kappa shape index (κ1) is 11.1. The molecule has 1 aromatic rings. The highest BCUT2D eigenvalue weighted by molar-refractivity contribution is 9.10. The minimum Gasteiger partial charge on any atom is -0.355 e. The van der Waals surface area contributed by atoms with Crippen LogP contribution in [0.5, 0.6) is 0 Å². The van der Waals surface area contributed by atoms with Crippen molar-refractivity contribution in [1.82, 2.24) is 10.3 Å². The summed E-state index contributed by atoms with van der Waals surface area (Å²) >= 11 is 3.24. The Balaban J connectivity index is 2.03. The SMILES string of the molecule is O=C1CC(C(=O)Nc2cccnc2Br)CN1. The van der Waals surface area contributed by atoms with Crippen molar-refractivity contribution in [2.75, 3.05) is 11.9 Å². The number of pyridine rings is 1. The second-order valence-electron chi connectivity index (χ2n) is 3.54. The average Bonchev–Trinajstić information content (AvgIpc) is 2.68. The lowest BCUT2D eigenvalue weighted by molar-refractivity contribution is -0.123. The van der Waals surface area contributed by atoms with E-state index >= 15 is 0 Å². The molecule has 6 heteroatoms. The van der Waals surface area contributed by atoms with Gasteiger partial charge in [-0.05, 0) is 28.1 Å². The molecule has 84 valence electrons. The molecule has 0 bridgehead atoms. The van der Waals surface area contributed by atoms with Crippen molar-refractivity contribution in [2.45, 2.75) is 6.42 Å². The van der Waals surface area contributed by atoms with Gasteiger partial charge in [0.2, 0.25) is 11.8 Å². The zero-order valence-corrected chi connectivity index (χ0v) is 9.95. The van der Waals surface area contributed by atoms with Crippen molar-refractivity contribution in [3.05, 3.63) is 22.9 Å². The van der Waals surface area contributed by atoms with Crippen LogP contribution in [0, 0.1) is 5.92 Å². The number of carbonyl (C=O) groups excluding carboxylic acids is 2. The first-order valence-corrected chi connectivity index (χ1v) is 5.64. The Bertz CT molecular complexity index is 436. The maximum atomic E-state index is 11.8. The number of nitrogens with zero attached hydrogens (tertiary/aromatic N) is 1. The number of nitrogens with one attached hydrogen (secondary N) is 2. The van der Waals surface area contributed by atoms with Crippen molar-refractivity contribution < 1.29 is 9.59 Å². The molecule has 16 heavy (non-hydrogen) atoms. The predicted octanol–water partition coefficient (Wildman–Crippen LogP) is 0.919. The van der Waals surface area contributed by atoms with Gasteiger partial charge in [0, 0.05) is 19.2 Å². The van der Waals surface area contributed by atoms with Gasteiger partial charge in [0.15, 0.2) is 0 Å². The van der Waals surface area contributed by atoms with E-state index < -0.39 is 0 Å². The fraction of sp³-hybridized carbons (Fsp3) is 0.300. The molecule has 1 saturated heterocycles. The van der Waals surface area contributed by atoms with Crippen LogP contribution in [0.3, 0.4) is 0 Å². The van der Waals surface area contributed by atoms with E-state index in [2.05, 4.69) is 31.5 Å². The van der Waals surface area contributed by atoms with E-state index in [1.54, 1.807) is 18.3 Å². The smallest absolute Gasteiger partial charge is 0.229 e. The molecule has 0 spiro atoms. The lowest BCUT2D eigenvalue weighted by Crippen LogP contribution is -2.24. The Morgan fingerprint density at radius 2 is 2.44 bits per heavy atom. The molecule has 1 atom stereocenters. The van der Waals surface area contributed by atoms with E-state index in [0.717, 1.165) is 0 Å². The number of aromatic nitrogens is 1. The van der Waals surface area contributed by atoms with Crippen LogP contribution in [-0.4, -0.2) is 23.3 Å². The minimum atomic E-state index is -0.292. The zero-order valence-electron chi connectivity index (χ0n) is 8.37. The van der Waals surface area contributed by atoms with Gasteiger partial charge in [-0.2, -0.15) is 0 Å². The van der Waals surface area contributed by atoms with Gasteiger partial charge < -0.3 is 10.6 Å². The predicted molar refractivity (Wildman–Crippen MR) is 61.7 cm³/mol. The molecule has 2 amide bonds. The number of hydrogen-bond donors (Lipinski definition) is 2. The van der Waals surface area contributed by atoms with Gasteiger partial charge in [0.1, 0.15) is 4.60 Å². The van der Waals surface area contributed by atoms with E-state index in [1.165, 1.54) is 0 Å². The van der Waals surface area contributed by atoms with Crippen LogP contribution in [0.4, 0.5) is 5.69 Å². The lowest BCUT2D eigenvalue weighted by Gasteiger charge is -2.09. The summed E-state index contributed by atoms with van der Waals surface area (Å²) in [7, 11) is 0. The van der Waals surface area contributed by atoms with E-state index in [0.29, 0.717) is 16.8 Å². The molecule has 2 rings (SSSR count). The third-order valence-corrected chi connectivity index (χ3v) is 3.00. The van der Waals surface area contributed by atoms with Crippen molar-refractivity contribution >= 4 is 33.4 Å². The Morgan fingerprint density at radius 1 is 1.62 bits per heavy atom. The molecule has 0 aromatic carbocycles. The summed E-state index contributed by atoms with van der Waals surface area (Å²) in [5.74, 6) is -0.531. The molecule has 1 aromatic heterocycles. The summed E-state index contributed by atoms with van der Waals surface area (Å²) in [6.07, 6.45) is 1.88. The first-order chi connectivity index (χ1) is 7.66. The van der Waals surface area contributed by atoms with E-state index in [-0.39, 0.29) is 24.2 Å². The standard InChI is InChI=1S/C10H10BrN3O2/c11-9-7(2-1-3-12-9)14-10(16)6-4-8(15)13-5-6/h1-3,6H,4-5H2,(H,13,15)(H,14,16). The highest BCUT2D eigenvalue weighted by Crippen LogP contribution is 2.20. The second kappa shape index (κ2) is 4.61. The highest BCUT2D eigenvalue weighted by Gasteiger charge is 2.28. The van der Waals surface area contributed by atoms with Gasteiger partial charge in [0.25, 0.3) is 0 Å². The summed E-state index contributed by atoms with van der Waals surface area (Å²) in [6.45, 7) is 0.405.